The molecule has 2 rings (SSSR count). The first kappa shape index (κ1) is 10.4. The summed E-state index contributed by atoms with van der Waals surface area (Å²) in [5, 5.41) is 0. The molecular formula is C12H24N2. The van der Waals surface area contributed by atoms with Crippen LogP contribution in [0, 0.1) is 0 Å². The fourth-order valence-electron chi connectivity index (χ4n) is 3.21. The van der Waals surface area contributed by atoms with Gasteiger partial charge in [0.15, 0.2) is 0 Å². The molecule has 2 nitrogen and oxygen atoms in total. The molecule has 1 atom stereocenters. The van der Waals surface area contributed by atoms with E-state index in [-0.39, 0.29) is 5.54 Å². The van der Waals surface area contributed by atoms with Gasteiger partial charge in [-0.15, -0.1) is 0 Å². The Morgan fingerprint density at radius 2 is 2.00 bits per heavy atom. The van der Waals surface area contributed by atoms with Crippen molar-refractivity contribution in [3.63, 3.8) is 0 Å². The molecule has 1 heterocycles. The molecule has 82 valence electrons. The number of hydrogen-bond donors (Lipinski definition) is 1. The first-order chi connectivity index (χ1) is 6.73. The lowest BCUT2D eigenvalue weighted by Crippen LogP contribution is -2.49. The van der Waals surface area contributed by atoms with Crippen molar-refractivity contribution in [1.82, 2.24) is 4.90 Å². The average molecular weight is 196 g/mol. The van der Waals surface area contributed by atoms with E-state index in [4.69, 9.17) is 5.73 Å². The van der Waals surface area contributed by atoms with Gasteiger partial charge in [0, 0.05) is 18.1 Å². The molecule has 0 aromatic rings. The Kier molecular flexibility index (Phi) is 3.13. The number of hydrogen-bond acceptors (Lipinski definition) is 2. The minimum Gasteiger partial charge on any atom is -0.324 e. The Morgan fingerprint density at radius 1 is 1.29 bits per heavy atom. The van der Waals surface area contributed by atoms with Gasteiger partial charge in [-0.1, -0.05) is 19.8 Å². The lowest BCUT2D eigenvalue weighted by molar-refractivity contribution is 0.191. The van der Waals surface area contributed by atoms with Gasteiger partial charge in [-0.25, -0.2) is 0 Å². The highest BCUT2D eigenvalue weighted by Crippen LogP contribution is 2.30. The molecule has 1 unspecified atom stereocenters. The van der Waals surface area contributed by atoms with Gasteiger partial charge in [0.1, 0.15) is 0 Å². The Labute approximate surface area is 87.8 Å². The fourth-order valence-corrected chi connectivity index (χ4v) is 3.21. The van der Waals surface area contributed by atoms with Crippen molar-refractivity contribution in [3.8, 4) is 0 Å². The molecule has 1 aliphatic carbocycles. The minimum absolute atomic E-state index is 0.164. The highest BCUT2D eigenvalue weighted by Gasteiger charge is 2.34. The molecule has 0 bridgehead atoms. The second kappa shape index (κ2) is 4.19. The lowest BCUT2D eigenvalue weighted by atomic mass is 9.98. The van der Waals surface area contributed by atoms with Gasteiger partial charge in [0.25, 0.3) is 0 Å². The van der Waals surface area contributed by atoms with Crippen LogP contribution in [-0.2, 0) is 0 Å². The Hall–Kier alpha value is -0.0800. The predicted octanol–water partition coefficient (Wildman–Crippen LogP) is 2.13. The molecule has 1 saturated carbocycles. The van der Waals surface area contributed by atoms with Gasteiger partial charge in [-0.3, -0.25) is 4.90 Å². The maximum Gasteiger partial charge on any atom is 0.0283 e. The van der Waals surface area contributed by atoms with Crippen molar-refractivity contribution >= 4 is 0 Å². The lowest BCUT2D eigenvalue weighted by Gasteiger charge is -2.33. The third kappa shape index (κ3) is 2.12. The summed E-state index contributed by atoms with van der Waals surface area (Å²) in [7, 11) is 0. The molecule has 0 spiro atoms. The van der Waals surface area contributed by atoms with Crippen molar-refractivity contribution in [1.29, 1.82) is 0 Å². The highest BCUT2D eigenvalue weighted by molar-refractivity contribution is 4.94. The molecule has 2 heteroatoms. The Balaban J connectivity index is 1.89. The molecule has 1 saturated heterocycles. The smallest absolute Gasteiger partial charge is 0.0283 e. The quantitative estimate of drug-likeness (QED) is 0.749. The standard InChI is InChI=1S/C12H24N2/c1-2-11-6-5-9-14(11)10-12(13)7-3-4-8-12/h11H,2-10,13H2,1H3. The van der Waals surface area contributed by atoms with E-state index in [9.17, 15) is 0 Å². The van der Waals surface area contributed by atoms with E-state index in [0.717, 1.165) is 12.6 Å². The summed E-state index contributed by atoms with van der Waals surface area (Å²) >= 11 is 0. The number of rotatable bonds is 3. The number of nitrogens with two attached hydrogens (primary N) is 1. The number of nitrogens with zero attached hydrogens (tertiary/aromatic N) is 1. The molecule has 0 aromatic carbocycles. The summed E-state index contributed by atoms with van der Waals surface area (Å²) in [6, 6.07) is 0.830. The van der Waals surface area contributed by atoms with Crippen LogP contribution in [0.25, 0.3) is 0 Å². The normalized spacial score (nSPS) is 32.6. The highest BCUT2D eigenvalue weighted by atomic mass is 15.2. The van der Waals surface area contributed by atoms with Crippen LogP contribution < -0.4 is 5.73 Å². The van der Waals surface area contributed by atoms with Crippen molar-refractivity contribution in [2.24, 2.45) is 5.73 Å². The summed E-state index contributed by atoms with van der Waals surface area (Å²) in [6.45, 7) is 4.75. The largest absolute Gasteiger partial charge is 0.324 e. The van der Waals surface area contributed by atoms with Crippen LogP contribution in [0.3, 0.4) is 0 Å². The molecule has 14 heavy (non-hydrogen) atoms. The topological polar surface area (TPSA) is 29.3 Å². The molecule has 0 amide bonds. The van der Waals surface area contributed by atoms with Crippen molar-refractivity contribution in [3.05, 3.63) is 0 Å². The van der Waals surface area contributed by atoms with E-state index in [2.05, 4.69) is 11.8 Å². The molecule has 0 radical (unpaired) electrons. The second-order valence-corrected chi connectivity index (χ2v) is 5.24. The van der Waals surface area contributed by atoms with Crippen LogP contribution in [0.1, 0.15) is 51.9 Å². The van der Waals surface area contributed by atoms with E-state index in [1.54, 1.807) is 0 Å². The zero-order chi connectivity index (χ0) is 10.0. The molecule has 2 aliphatic rings. The van der Waals surface area contributed by atoms with Crippen LogP contribution in [0.4, 0.5) is 0 Å². The predicted molar refractivity (Wildman–Crippen MR) is 60.3 cm³/mol. The fraction of sp³-hybridized carbons (Fsp3) is 1.00. The maximum atomic E-state index is 6.41. The van der Waals surface area contributed by atoms with Gasteiger partial charge >= 0.3 is 0 Å². The molecule has 1 aliphatic heterocycles. The van der Waals surface area contributed by atoms with Crippen molar-refractivity contribution in [2.75, 3.05) is 13.1 Å². The van der Waals surface area contributed by atoms with E-state index in [0.29, 0.717) is 0 Å². The van der Waals surface area contributed by atoms with Gasteiger partial charge in [-0.2, -0.15) is 0 Å². The molecular weight excluding hydrogens is 172 g/mol. The van der Waals surface area contributed by atoms with E-state index >= 15 is 0 Å². The van der Waals surface area contributed by atoms with Gasteiger partial charge in [0.2, 0.25) is 0 Å². The van der Waals surface area contributed by atoms with Crippen LogP contribution in [0.5, 0.6) is 0 Å². The van der Waals surface area contributed by atoms with Gasteiger partial charge < -0.3 is 5.73 Å². The Bertz CT molecular complexity index is 185. The molecule has 0 aromatic heterocycles. The average Bonchev–Trinajstić information content (AvgIpc) is 2.75. The zero-order valence-electron chi connectivity index (χ0n) is 9.47. The van der Waals surface area contributed by atoms with E-state index < -0.39 is 0 Å². The summed E-state index contributed by atoms with van der Waals surface area (Å²) < 4.78 is 0. The van der Waals surface area contributed by atoms with Gasteiger partial charge in [-0.05, 0) is 38.6 Å². The zero-order valence-corrected chi connectivity index (χ0v) is 9.47. The maximum absolute atomic E-state index is 6.41. The van der Waals surface area contributed by atoms with Crippen molar-refractivity contribution in [2.45, 2.75) is 63.5 Å². The summed E-state index contributed by atoms with van der Waals surface area (Å²) in [5.41, 5.74) is 6.58. The van der Waals surface area contributed by atoms with Crippen LogP contribution in [0.15, 0.2) is 0 Å². The summed E-state index contributed by atoms with van der Waals surface area (Å²) in [4.78, 5) is 2.64. The molecule has 2 fully saturated rings. The first-order valence-corrected chi connectivity index (χ1v) is 6.26. The monoisotopic (exact) mass is 196 g/mol. The SMILES string of the molecule is CCC1CCCN1CC1(N)CCCC1. The van der Waals surface area contributed by atoms with Crippen LogP contribution in [0.2, 0.25) is 0 Å². The second-order valence-electron chi connectivity index (χ2n) is 5.24. The Morgan fingerprint density at radius 3 is 2.64 bits per heavy atom. The van der Waals surface area contributed by atoms with Crippen LogP contribution >= 0.6 is 0 Å². The van der Waals surface area contributed by atoms with Crippen molar-refractivity contribution < 1.29 is 0 Å². The van der Waals surface area contributed by atoms with Crippen LogP contribution in [-0.4, -0.2) is 29.6 Å². The molecule has 2 N–H and O–H groups in total. The minimum atomic E-state index is 0.164. The first-order valence-electron chi connectivity index (χ1n) is 6.26. The number of likely N-dealkylation sites (tertiary alicyclic amines) is 1. The van der Waals surface area contributed by atoms with E-state index in [1.807, 2.05) is 0 Å². The van der Waals surface area contributed by atoms with Gasteiger partial charge in [0.05, 0.1) is 0 Å². The third-order valence-electron chi connectivity index (χ3n) is 4.09. The third-order valence-corrected chi connectivity index (χ3v) is 4.09. The summed E-state index contributed by atoms with van der Waals surface area (Å²) in [5.74, 6) is 0. The summed E-state index contributed by atoms with van der Waals surface area (Å²) in [6.07, 6.45) is 9.28. The van der Waals surface area contributed by atoms with E-state index in [1.165, 1.54) is 51.5 Å².